The summed E-state index contributed by atoms with van der Waals surface area (Å²) in [5.41, 5.74) is 2.59. The van der Waals surface area contributed by atoms with Gasteiger partial charge in [-0.15, -0.1) is 0 Å². The minimum atomic E-state index is -0.501. The molecular weight excluding hydrogens is 474 g/mol. The van der Waals surface area contributed by atoms with Gasteiger partial charge in [0.1, 0.15) is 36.2 Å². The van der Waals surface area contributed by atoms with Gasteiger partial charge >= 0.3 is 0 Å². The summed E-state index contributed by atoms with van der Waals surface area (Å²) in [6, 6.07) is 24.8. The van der Waals surface area contributed by atoms with Gasteiger partial charge in [0, 0.05) is 16.0 Å². The van der Waals surface area contributed by atoms with E-state index in [1.54, 1.807) is 18.2 Å². The van der Waals surface area contributed by atoms with Crippen LogP contribution in [0.4, 0.5) is 0 Å². The largest absolute Gasteiger partial charge is 0.509 e. The van der Waals surface area contributed by atoms with E-state index >= 15 is 0 Å². The van der Waals surface area contributed by atoms with Crippen molar-refractivity contribution in [3.05, 3.63) is 107 Å². The molecule has 0 radical (unpaired) electrons. The van der Waals surface area contributed by atoms with Crippen molar-refractivity contribution in [2.75, 3.05) is 0 Å². The SMILES string of the molecule is C=C(O)C(CC(C)C)Oc1ccc(Cl)cc1COc1ccc(OCc2ccc3ccccc3n2)cc1. The van der Waals surface area contributed by atoms with Crippen LogP contribution in [-0.2, 0) is 13.2 Å². The fourth-order valence-electron chi connectivity index (χ4n) is 3.75. The predicted octanol–water partition coefficient (Wildman–Crippen LogP) is 7.91. The van der Waals surface area contributed by atoms with Gasteiger partial charge in [0.25, 0.3) is 0 Å². The number of aliphatic hydroxyl groups excluding tert-OH is 1. The van der Waals surface area contributed by atoms with Gasteiger partial charge in [0.05, 0.1) is 11.2 Å². The molecule has 3 aromatic carbocycles. The number of benzene rings is 3. The molecular formula is C30H30ClNO4. The first-order chi connectivity index (χ1) is 17.4. The second-order valence-corrected chi connectivity index (χ2v) is 9.46. The van der Waals surface area contributed by atoms with Gasteiger partial charge in [-0.2, -0.15) is 0 Å². The number of hydrogen-bond donors (Lipinski definition) is 1. The molecule has 6 heteroatoms. The Bertz CT molecular complexity index is 1320. The van der Waals surface area contributed by atoms with Crippen LogP contribution < -0.4 is 14.2 Å². The van der Waals surface area contributed by atoms with Gasteiger partial charge in [-0.25, -0.2) is 4.98 Å². The van der Waals surface area contributed by atoms with E-state index in [4.69, 9.17) is 25.8 Å². The summed E-state index contributed by atoms with van der Waals surface area (Å²) in [6.07, 6.45) is 0.146. The van der Waals surface area contributed by atoms with Gasteiger partial charge in [-0.3, -0.25) is 0 Å². The zero-order valence-electron chi connectivity index (χ0n) is 20.5. The minimum Gasteiger partial charge on any atom is -0.509 e. The van der Waals surface area contributed by atoms with Crippen molar-refractivity contribution in [2.24, 2.45) is 5.92 Å². The average Bonchev–Trinajstić information content (AvgIpc) is 2.87. The summed E-state index contributed by atoms with van der Waals surface area (Å²) < 4.78 is 18.0. The molecule has 5 nitrogen and oxygen atoms in total. The number of ether oxygens (including phenoxy) is 3. The first-order valence-electron chi connectivity index (χ1n) is 11.9. The number of aliphatic hydroxyl groups is 1. The third-order valence-corrected chi connectivity index (χ3v) is 5.84. The third-order valence-electron chi connectivity index (χ3n) is 5.61. The molecule has 0 bridgehead atoms. The van der Waals surface area contributed by atoms with Gasteiger partial charge in [0.2, 0.25) is 0 Å². The highest BCUT2D eigenvalue weighted by Crippen LogP contribution is 2.28. The van der Waals surface area contributed by atoms with Gasteiger partial charge in [-0.05, 0) is 66.9 Å². The van der Waals surface area contributed by atoms with Crippen LogP contribution in [0.25, 0.3) is 10.9 Å². The maximum absolute atomic E-state index is 9.97. The molecule has 0 aliphatic carbocycles. The third kappa shape index (κ3) is 6.92. The molecule has 1 unspecified atom stereocenters. The number of hydrogen-bond acceptors (Lipinski definition) is 5. The van der Waals surface area contributed by atoms with Crippen molar-refractivity contribution in [1.82, 2.24) is 4.98 Å². The van der Waals surface area contributed by atoms with Crippen LogP contribution >= 0.6 is 11.6 Å². The van der Waals surface area contributed by atoms with Crippen LogP contribution in [0.3, 0.4) is 0 Å². The lowest BCUT2D eigenvalue weighted by Gasteiger charge is -2.22. The molecule has 1 atom stereocenters. The first-order valence-corrected chi connectivity index (χ1v) is 12.3. The van der Waals surface area contributed by atoms with E-state index in [1.807, 2.05) is 60.7 Å². The lowest BCUT2D eigenvalue weighted by molar-refractivity contribution is 0.151. The molecule has 0 aliphatic heterocycles. The number of fused-ring (bicyclic) bond motifs is 1. The Kier molecular flexibility index (Phi) is 8.34. The number of pyridine rings is 1. The second kappa shape index (κ2) is 11.8. The molecule has 0 saturated carbocycles. The Morgan fingerprint density at radius 1 is 0.917 bits per heavy atom. The van der Waals surface area contributed by atoms with Crippen molar-refractivity contribution in [2.45, 2.75) is 39.6 Å². The summed E-state index contributed by atoms with van der Waals surface area (Å²) in [4.78, 5) is 4.64. The van der Waals surface area contributed by atoms with Crippen LogP contribution in [0, 0.1) is 5.92 Å². The smallest absolute Gasteiger partial charge is 0.155 e. The van der Waals surface area contributed by atoms with E-state index in [0.717, 1.165) is 27.9 Å². The molecule has 4 aromatic rings. The molecule has 1 aromatic heterocycles. The average molecular weight is 504 g/mol. The lowest BCUT2D eigenvalue weighted by atomic mass is 10.0. The summed E-state index contributed by atoms with van der Waals surface area (Å²) in [6.45, 7) is 8.42. The summed E-state index contributed by atoms with van der Waals surface area (Å²) in [7, 11) is 0. The van der Waals surface area contributed by atoms with Gasteiger partial charge < -0.3 is 19.3 Å². The summed E-state index contributed by atoms with van der Waals surface area (Å²) in [5, 5.41) is 11.7. The number of halogens is 1. The van der Waals surface area contributed by atoms with E-state index < -0.39 is 6.10 Å². The molecule has 1 heterocycles. The highest BCUT2D eigenvalue weighted by Gasteiger charge is 2.18. The van der Waals surface area contributed by atoms with Crippen molar-refractivity contribution in [3.63, 3.8) is 0 Å². The fraction of sp³-hybridized carbons (Fsp3) is 0.233. The van der Waals surface area contributed by atoms with Crippen LogP contribution in [0.5, 0.6) is 17.2 Å². The molecule has 0 fully saturated rings. The minimum absolute atomic E-state index is 0.00000309. The van der Waals surface area contributed by atoms with Crippen molar-refractivity contribution >= 4 is 22.5 Å². The van der Waals surface area contributed by atoms with Crippen LogP contribution in [0.15, 0.2) is 91.2 Å². The Hall–Kier alpha value is -3.70. The number of para-hydroxylation sites is 1. The first kappa shape index (κ1) is 25.4. The molecule has 0 saturated heterocycles. The Labute approximate surface area is 216 Å². The van der Waals surface area contributed by atoms with Crippen LogP contribution in [-0.4, -0.2) is 16.2 Å². The molecule has 0 aliphatic rings. The number of nitrogens with zero attached hydrogens (tertiary/aromatic N) is 1. The Balaban J connectivity index is 1.36. The van der Waals surface area contributed by atoms with Crippen LogP contribution in [0.2, 0.25) is 5.02 Å². The highest BCUT2D eigenvalue weighted by molar-refractivity contribution is 6.30. The molecule has 4 rings (SSSR count). The maximum atomic E-state index is 9.97. The zero-order chi connectivity index (χ0) is 25.5. The Morgan fingerprint density at radius 2 is 1.61 bits per heavy atom. The van der Waals surface area contributed by atoms with E-state index in [2.05, 4.69) is 25.4 Å². The van der Waals surface area contributed by atoms with Crippen LogP contribution in [0.1, 0.15) is 31.5 Å². The van der Waals surface area contributed by atoms with Crippen molar-refractivity contribution in [1.29, 1.82) is 0 Å². The maximum Gasteiger partial charge on any atom is 0.155 e. The van der Waals surface area contributed by atoms with Gasteiger partial charge in [0.15, 0.2) is 6.10 Å². The van der Waals surface area contributed by atoms with E-state index in [9.17, 15) is 5.11 Å². The van der Waals surface area contributed by atoms with Crippen molar-refractivity contribution in [3.8, 4) is 17.2 Å². The molecule has 186 valence electrons. The molecule has 0 spiro atoms. The normalized spacial score (nSPS) is 11.9. The molecule has 36 heavy (non-hydrogen) atoms. The monoisotopic (exact) mass is 503 g/mol. The van der Waals surface area contributed by atoms with E-state index in [0.29, 0.717) is 35.5 Å². The topological polar surface area (TPSA) is 60.8 Å². The summed E-state index contributed by atoms with van der Waals surface area (Å²) in [5.74, 6) is 2.34. The number of rotatable bonds is 11. The fourth-order valence-corrected chi connectivity index (χ4v) is 3.94. The predicted molar refractivity (Wildman–Crippen MR) is 144 cm³/mol. The number of aromatic nitrogens is 1. The summed E-state index contributed by atoms with van der Waals surface area (Å²) >= 11 is 6.22. The lowest BCUT2D eigenvalue weighted by Crippen LogP contribution is -2.21. The zero-order valence-corrected chi connectivity index (χ0v) is 21.2. The standard InChI is InChI=1S/C30H30ClNO4/c1-20(2)16-30(21(3)33)36-29-15-9-24(31)17-23(29)18-34-26-11-13-27(14-12-26)35-19-25-10-8-22-6-4-5-7-28(22)32-25/h4-15,17,20,30,33H,3,16,18-19H2,1-2H3. The van der Waals surface area contributed by atoms with E-state index in [1.165, 1.54) is 0 Å². The molecule has 0 amide bonds. The molecule has 1 N–H and O–H groups in total. The second-order valence-electron chi connectivity index (χ2n) is 9.02. The van der Waals surface area contributed by atoms with Gasteiger partial charge in [-0.1, -0.05) is 56.3 Å². The quantitative estimate of drug-likeness (QED) is 0.211. The van der Waals surface area contributed by atoms with Crippen molar-refractivity contribution < 1.29 is 19.3 Å². The highest BCUT2D eigenvalue weighted by atomic mass is 35.5. The Morgan fingerprint density at radius 3 is 2.31 bits per heavy atom. The van der Waals surface area contributed by atoms with E-state index in [-0.39, 0.29) is 12.4 Å².